The molecule has 2 atom stereocenters. The van der Waals surface area contributed by atoms with Gasteiger partial charge in [0.15, 0.2) is 11.5 Å². The summed E-state index contributed by atoms with van der Waals surface area (Å²) in [4.78, 5) is 43.0. The van der Waals surface area contributed by atoms with E-state index in [0.717, 1.165) is 4.90 Å². The lowest BCUT2D eigenvalue weighted by molar-refractivity contribution is -0.156. The van der Waals surface area contributed by atoms with Crippen LogP contribution in [0.15, 0.2) is 47.5 Å². The maximum atomic E-state index is 12.6. The van der Waals surface area contributed by atoms with E-state index < -0.39 is 24.0 Å². The number of allylic oxidation sites excluding steroid dienone is 1. The highest BCUT2D eigenvalue weighted by Gasteiger charge is 2.52. The van der Waals surface area contributed by atoms with Crippen LogP contribution in [0, 0.1) is 0 Å². The van der Waals surface area contributed by atoms with Crippen molar-refractivity contribution in [3.8, 4) is 0 Å². The predicted molar refractivity (Wildman–Crippen MR) is 88.5 cm³/mol. The van der Waals surface area contributed by atoms with Gasteiger partial charge >= 0.3 is 5.97 Å². The minimum Gasteiger partial charge on any atom is -0.489 e. The predicted octanol–water partition coefficient (Wildman–Crippen LogP) is -0.391. The van der Waals surface area contributed by atoms with Gasteiger partial charge in [-0.15, -0.1) is 0 Å². The lowest BCUT2D eigenvalue weighted by Gasteiger charge is -2.47. The third kappa shape index (κ3) is 2.36. The second-order valence-corrected chi connectivity index (χ2v) is 6.19. The molecule has 3 N–H and O–H groups in total. The van der Waals surface area contributed by atoms with Crippen LogP contribution in [0.2, 0.25) is 0 Å². The van der Waals surface area contributed by atoms with Gasteiger partial charge in [0.05, 0.1) is 6.04 Å². The summed E-state index contributed by atoms with van der Waals surface area (Å²) in [6.45, 7) is 0.536. The van der Waals surface area contributed by atoms with Crippen molar-refractivity contribution in [1.29, 1.82) is 0 Å². The Hall–Kier alpha value is -3.20. The molecule has 1 aromatic rings. The van der Waals surface area contributed by atoms with Crippen molar-refractivity contribution < 1.29 is 24.2 Å². The van der Waals surface area contributed by atoms with Crippen molar-refractivity contribution in [2.45, 2.75) is 18.5 Å². The summed E-state index contributed by atoms with van der Waals surface area (Å²) < 4.78 is 5.52. The van der Waals surface area contributed by atoms with Crippen LogP contribution >= 0.6 is 0 Å². The van der Waals surface area contributed by atoms with Crippen LogP contribution in [0.25, 0.3) is 0 Å². The first-order valence-electron chi connectivity index (χ1n) is 8.11. The summed E-state index contributed by atoms with van der Waals surface area (Å²) >= 11 is 0. The zero-order valence-corrected chi connectivity index (χ0v) is 13.7. The number of carbonyl (C=O) groups excluding carboxylic acids is 2. The molecule has 3 aliphatic heterocycles. The maximum absolute atomic E-state index is 12.6. The summed E-state index contributed by atoms with van der Waals surface area (Å²) in [6, 6.07) is 4.02. The van der Waals surface area contributed by atoms with E-state index in [-0.39, 0.29) is 24.0 Å². The fraction of sp³-hybridized carbons (Fsp3) is 0.294. The number of hydrogen-bond acceptors (Lipinski definition) is 6. The molecule has 3 aliphatic rings. The summed E-state index contributed by atoms with van der Waals surface area (Å²) in [5, 5.41) is 9.50. The Balaban J connectivity index is 1.66. The Bertz CT molecular complexity index is 863. The number of aliphatic carboxylic acids is 1. The summed E-state index contributed by atoms with van der Waals surface area (Å²) in [5.41, 5.74) is 5.81. The number of aromatic nitrogens is 1. The standard InChI is InChI=1S/C17H16N4O5/c18-13-10-8-26-11(14(17(24)25)21(10)16(13)23)7-9-4-6-20(15(9)22)12-3-1-2-5-19-12/h1-3,5,7,10,13H,4,6,8,18H2,(H,24,25). The molecule has 4 rings (SSSR count). The number of fused-ring (bicyclic) bond motifs is 1. The number of amides is 2. The molecular formula is C17H16N4O5. The molecule has 0 radical (unpaired) electrons. The Morgan fingerprint density at radius 3 is 2.88 bits per heavy atom. The lowest BCUT2D eigenvalue weighted by Crippen LogP contribution is -2.71. The van der Waals surface area contributed by atoms with Crippen LogP contribution in [0.5, 0.6) is 0 Å². The number of rotatable bonds is 3. The Morgan fingerprint density at radius 2 is 2.19 bits per heavy atom. The van der Waals surface area contributed by atoms with E-state index in [1.165, 1.54) is 11.0 Å². The fourth-order valence-corrected chi connectivity index (χ4v) is 3.34. The summed E-state index contributed by atoms with van der Waals surface area (Å²) in [5.74, 6) is -1.49. The van der Waals surface area contributed by atoms with Gasteiger partial charge in [-0.05, 0) is 24.6 Å². The molecule has 0 bridgehead atoms. The van der Waals surface area contributed by atoms with Gasteiger partial charge in [0, 0.05) is 18.3 Å². The van der Waals surface area contributed by atoms with Gasteiger partial charge in [-0.25, -0.2) is 9.78 Å². The number of carboxylic acids is 1. The monoisotopic (exact) mass is 356 g/mol. The van der Waals surface area contributed by atoms with Gasteiger partial charge in [0.25, 0.3) is 5.91 Å². The van der Waals surface area contributed by atoms with Gasteiger partial charge in [-0.3, -0.25) is 19.4 Å². The molecule has 9 heteroatoms. The third-order valence-corrected chi connectivity index (χ3v) is 4.71. The number of nitrogens with zero attached hydrogens (tertiary/aromatic N) is 3. The Labute approximate surface area is 148 Å². The molecule has 0 aromatic carbocycles. The van der Waals surface area contributed by atoms with Gasteiger partial charge in [-0.1, -0.05) is 6.07 Å². The van der Waals surface area contributed by atoms with E-state index in [1.54, 1.807) is 24.4 Å². The first kappa shape index (κ1) is 16.3. The average Bonchev–Trinajstić information content (AvgIpc) is 3.01. The van der Waals surface area contributed by atoms with Crippen molar-refractivity contribution in [2.75, 3.05) is 18.1 Å². The fourth-order valence-electron chi connectivity index (χ4n) is 3.34. The number of nitrogens with two attached hydrogens (primary N) is 1. The highest BCUT2D eigenvalue weighted by atomic mass is 16.5. The molecule has 2 saturated heterocycles. The molecule has 1 aromatic heterocycles. The maximum Gasteiger partial charge on any atom is 0.356 e. The van der Waals surface area contributed by atoms with Crippen molar-refractivity contribution in [3.63, 3.8) is 0 Å². The van der Waals surface area contributed by atoms with Crippen molar-refractivity contribution in [1.82, 2.24) is 9.88 Å². The van der Waals surface area contributed by atoms with Crippen LogP contribution in [-0.4, -0.2) is 58.0 Å². The molecule has 26 heavy (non-hydrogen) atoms. The van der Waals surface area contributed by atoms with E-state index in [0.29, 0.717) is 24.4 Å². The quantitative estimate of drug-likeness (QED) is 0.558. The van der Waals surface area contributed by atoms with Crippen LogP contribution in [0.4, 0.5) is 5.82 Å². The van der Waals surface area contributed by atoms with Gasteiger partial charge in [-0.2, -0.15) is 0 Å². The molecule has 0 saturated carbocycles. The third-order valence-electron chi connectivity index (χ3n) is 4.71. The highest BCUT2D eigenvalue weighted by Crippen LogP contribution is 2.33. The van der Waals surface area contributed by atoms with E-state index in [4.69, 9.17) is 10.5 Å². The number of carboxylic acid groups (broad SMARTS) is 1. The van der Waals surface area contributed by atoms with Gasteiger partial charge in [0.2, 0.25) is 5.91 Å². The zero-order valence-electron chi connectivity index (χ0n) is 13.7. The minimum atomic E-state index is -1.30. The van der Waals surface area contributed by atoms with E-state index in [1.807, 2.05) is 0 Å². The topological polar surface area (TPSA) is 126 Å². The Morgan fingerprint density at radius 1 is 1.38 bits per heavy atom. The minimum absolute atomic E-state index is 0.000205. The molecular weight excluding hydrogens is 340 g/mol. The van der Waals surface area contributed by atoms with Crippen LogP contribution in [-0.2, 0) is 19.1 Å². The molecule has 4 heterocycles. The SMILES string of the molecule is NC1C(=O)N2C(C(=O)O)=C(C=C3CCN(c4ccccn4)C3=O)OCC12. The first-order valence-corrected chi connectivity index (χ1v) is 8.11. The number of β-lactam (4-membered cyclic amide) rings is 1. The van der Waals surface area contributed by atoms with Crippen LogP contribution < -0.4 is 10.6 Å². The largest absolute Gasteiger partial charge is 0.489 e. The number of anilines is 1. The second-order valence-electron chi connectivity index (χ2n) is 6.19. The summed E-state index contributed by atoms with van der Waals surface area (Å²) in [7, 11) is 0. The number of pyridine rings is 1. The van der Waals surface area contributed by atoms with E-state index in [9.17, 15) is 19.5 Å². The van der Waals surface area contributed by atoms with E-state index >= 15 is 0 Å². The van der Waals surface area contributed by atoms with E-state index in [2.05, 4.69) is 4.98 Å². The normalized spacial score (nSPS) is 26.7. The van der Waals surface area contributed by atoms with Crippen LogP contribution in [0.1, 0.15) is 6.42 Å². The molecule has 9 nitrogen and oxygen atoms in total. The molecule has 134 valence electrons. The molecule has 2 amide bonds. The number of carbonyl (C=O) groups is 3. The van der Waals surface area contributed by atoms with Crippen molar-refractivity contribution in [3.05, 3.63) is 47.5 Å². The van der Waals surface area contributed by atoms with Crippen molar-refractivity contribution >= 4 is 23.6 Å². The smallest absolute Gasteiger partial charge is 0.356 e. The zero-order chi connectivity index (χ0) is 18.4. The number of ether oxygens (including phenoxy) is 1. The van der Waals surface area contributed by atoms with Gasteiger partial charge < -0.3 is 15.6 Å². The van der Waals surface area contributed by atoms with Crippen molar-refractivity contribution in [2.24, 2.45) is 5.73 Å². The average molecular weight is 356 g/mol. The second kappa shape index (κ2) is 5.95. The molecule has 2 unspecified atom stereocenters. The molecule has 0 aliphatic carbocycles. The number of hydrogen-bond donors (Lipinski definition) is 2. The lowest BCUT2D eigenvalue weighted by atomic mass is 9.93. The highest BCUT2D eigenvalue weighted by molar-refractivity contribution is 6.08. The molecule has 2 fully saturated rings. The molecule has 0 spiro atoms. The van der Waals surface area contributed by atoms with Gasteiger partial charge in [0.1, 0.15) is 18.5 Å². The first-order chi connectivity index (χ1) is 12.5. The van der Waals surface area contributed by atoms with Crippen LogP contribution in [0.3, 0.4) is 0 Å². The Kier molecular flexibility index (Phi) is 3.73. The summed E-state index contributed by atoms with van der Waals surface area (Å²) in [6.07, 6.45) is 3.42.